The number of rotatable bonds is 12. The molecule has 0 bridgehead atoms. The summed E-state index contributed by atoms with van der Waals surface area (Å²) in [7, 11) is 5.58. The van der Waals surface area contributed by atoms with Crippen LogP contribution in [0.4, 0.5) is 17.1 Å². The van der Waals surface area contributed by atoms with Crippen molar-refractivity contribution in [3.63, 3.8) is 0 Å². The van der Waals surface area contributed by atoms with Crippen LogP contribution in [0.3, 0.4) is 0 Å². The fraction of sp³-hybridized carbons (Fsp3) is 0. The Morgan fingerprint density at radius 1 is 0.514 bits per heavy atom. The predicted molar refractivity (Wildman–Crippen MR) is 159 cm³/mol. The van der Waals surface area contributed by atoms with Gasteiger partial charge in [-0.2, -0.15) is 0 Å². The van der Waals surface area contributed by atoms with E-state index in [4.69, 9.17) is 0 Å². The molecule has 0 spiro atoms. The van der Waals surface area contributed by atoms with E-state index in [1.807, 2.05) is 99.3 Å². The molecule has 6 nitrogen and oxygen atoms in total. The Morgan fingerprint density at radius 2 is 0.757 bits per heavy atom. The molecule has 0 saturated carbocycles. The number of amides is 3. The molecule has 0 unspecified atom stereocenters. The van der Waals surface area contributed by atoms with Gasteiger partial charge in [-0.15, -0.1) is 0 Å². The third-order valence-corrected chi connectivity index (χ3v) is 24.6. The minimum atomic E-state index is -2.16. The third-order valence-electron chi connectivity index (χ3n) is 4.46. The molecule has 0 atom stereocenters. The summed E-state index contributed by atoms with van der Waals surface area (Å²) in [5.74, 6) is -0.744. The monoisotopic (exact) mass is 655 g/mol. The van der Waals surface area contributed by atoms with Gasteiger partial charge in [-0.05, 0) is 0 Å². The van der Waals surface area contributed by atoms with E-state index < -0.39 is 16.0 Å². The molecule has 0 fully saturated rings. The van der Waals surface area contributed by atoms with Gasteiger partial charge in [0.05, 0.1) is 0 Å². The van der Waals surface area contributed by atoms with Crippen LogP contribution in [0.5, 0.6) is 0 Å². The molecule has 3 N–H and O–H groups in total. The van der Waals surface area contributed by atoms with E-state index in [2.05, 4.69) is 35.7 Å². The van der Waals surface area contributed by atoms with Crippen molar-refractivity contribution < 1.29 is 14.4 Å². The van der Waals surface area contributed by atoms with Gasteiger partial charge in [-0.1, -0.05) is 0 Å². The van der Waals surface area contributed by atoms with E-state index in [0.717, 1.165) is 14.7 Å². The summed E-state index contributed by atoms with van der Waals surface area (Å²) < 4.78 is 0. The van der Waals surface area contributed by atoms with Crippen molar-refractivity contribution in [1.82, 2.24) is 0 Å². The van der Waals surface area contributed by atoms with Crippen molar-refractivity contribution in [2.75, 3.05) is 16.0 Å². The summed E-state index contributed by atoms with van der Waals surface area (Å²) in [6.45, 7) is 10.4. The molecule has 3 rings (SSSR count). The zero-order valence-corrected chi connectivity index (χ0v) is 24.7. The van der Waals surface area contributed by atoms with Crippen LogP contribution in [-0.4, -0.2) is 33.7 Å². The second-order valence-corrected chi connectivity index (χ2v) is 27.1. The topological polar surface area (TPSA) is 87.3 Å². The molecule has 10 heteroatoms. The fourth-order valence-corrected chi connectivity index (χ4v) is 25.2. The Balaban J connectivity index is 1.75. The number of hydrogen-bond donors (Lipinski definition) is 3. The molecule has 3 aromatic rings. The number of carbonyl (C=O) groups excluding carboxylic acids is 3. The van der Waals surface area contributed by atoms with Crippen molar-refractivity contribution in [1.29, 1.82) is 0 Å². The Hall–Kier alpha value is -2.84. The summed E-state index contributed by atoms with van der Waals surface area (Å²) in [6.07, 6.45) is 3.72. The van der Waals surface area contributed by atoms with Gasteiger partial charge >= 0.3 is 233 Å². The molecule has 0 heterocycles. The van der Waals surface area contributed by atoms with Gasteiger partial charge in [0.15, 0.2) is 0 Å². The first-order valence-corrected chi connectivity index (χ1v) is 22.5. The first-order chi connectivity index (χ1) is 17.9. The van der Waals surface area contributed by atoms with E-state index in [9.17, 15) is 14.4 Å². The number of hydrogen-bond acceptors (Lipinski definition) is 6. The van der Waals surface area contributed by atoms with Crippen molar-refractivity contribution in [3.05, 3.63) is 111 Å². The van der Waals surface area contributed by atoms with Crippen molar-refractivity contribution in [2.45, 2.75) is 14.7 Å². The summed E-state index contributed by atoms with van der Waals surface area (Å²) >= 11 is -2.16. The molecule has 0 aromatic heterocycles. The quantitative estimate of drug-likeness (QED) is 0.148. The van der Waals surface area contributed by atoms with E-state index in [0.29, 0.717) is 17.1 Å². The van der Waals surface area contributed by atoms with Crippen LogP contribution < -0.4 is 16.0 Å². The van der Waals surface area contributed by atoms with Gasteiger partial charge in [0, 0.05) is 0 Å². The number of carbonyl (C=O) groups is 3. The minimum absolute atomic E-state index is 0.248. The van der Waals surface area contributed by atoms with E-state index in [1.165, 1.54) is 18.2 Å². The van der Waals surface area contributed by atoms with Crippen molar-refractivity contribution in [3.8, 4) is 0 Å². The van der Waals surface area contributed by atoms with Crippen molar-refractivity contribution in [2.24, 2.45) is 0 Å². The molecule has 0 aliphatic heterocycles. The summed E-state index contributed by atoms with van der Waals surface area (Å²) in [5.41, 5.74) is 2.15. The molecule has 0 radical (unpaired) electrons. The molecule has 3 aromatic carbocycles. The molecule has 37 heavy (non-hydrogen) atoms. The standard InChI is InChI=1S/3C9H9NOS.Sb/c3*1-2-9(11)10-7-3-5-8(12)6-4-7;/h3*2-6,12H,1H2,(H,10,11);/q;;;+3/p-3. The second kappa shape index (κ2) is 14.8. The fourth-order valence-electron chi connectivity index (χ4n) is 2.69. The maximum atomic E-state index is 11.6. The number of benzene rings is 3. The molecule has 0 aliphatic carbocycles. The van der Waals surface area contributed by atoms with Crippen molar-refractivity contribution >= 4 is 77.3 Å². The molecular formula is C27H24N3O3S3Sb. The SMILES string of the molecule is C=CC(=O)Nc1ccc([S][Sb]([S]c2ccc(NC(=O)C=C)cc2)[S]c2ccc(NC(=O)C=C)cc2)cc1. The molecule has 0 saturated heterocycles. The third kappa shape index (κ3) is 9.85. The Morgan fingerprint density at radius 3 is 0.973 bits per heavy atom. The van der Waals surface area contributed by atoms with Gasteiger partial charge in [0.25, 0.3) is 0 Å². The number of anilines is 3. The van der Waals surface area contributed by atoms with Crippen LogP contribution >= 0.6 is 26.5 Å². The van der Waals surface area contributed by atoms with Crippen LogP contribution in [0, 0.1) is 0 Å². The van der Waals surface area contributed by atoms with E-state index >= 15 is 0 Å². The molecule has 188 valence electrons. The van der Waals surface area contributed by atoms with Crippen LogP contribution in [0.25, 0.3) is 0 Å². The zero-order valence-electron chi connectivity index (χ0n) is 19.7. The van der Waals surface area contributed by atoms with Crippen LogP contribution in [0.2, 0.25) is 0 Å². The Kier molecular flexibility index (Phi) is 11.5. The van der Waals surface area contributed by atoms with Crippen LogP contribution in [0.1, 0.15) is 0 Å². The zero-order chi connectivity index (χ0) is 26.6. The average molecular weight is 656 g/mol. The van der Waals surface area contributed by atoms with Crippen LogP contribution in [0.15, 0.2) is 125 Å². The van der Waals surface area contributed by atoms with Gasteiger partial charge in [0.1, 0.15) is 0 Å². The van der Waals surface area contributed by atoms with Gasteiger partial charge < -0.3 is 0 Å². The van der Waals surface area contributed by atoms with Gasteiger partial charge in [-0.25, -0.2) is 0 Å². The molecule has 3 amide bonds. The summed E-state index contributed by atoms with van der Waals surface area (Å²) in [4.78, 5) is 38.0. The number of nitrogens with one attached hydrogen (secondary N) is 3. The molecular weight excluding hydrogens is 632 g/mol. The first-order valence-electron chi connectivity index (χ1n) is 10.8. The summed E-state index contributed by atoms with van der Waals surface area (Å²) in [5, 5.41) is 8.29. The van der Waals surface area contributed by atoms with Crippen LogP contribution in [-0.2, 0) is 14.4 Å². The average Bonchev–Trinajstić information content (AvgIpc) is 2.91. The van der Waals surface area contributed by atoms with Gasteiger partial charge in [0.2, 0.25) is 0 Å². The normalized spacial score (nSPS) is 10.3. The second-order valence-electron chi connectivity index (χ2n) is 7.15. The summed E-state index contributed by atoms with van der Waals surface area (Å²) in [6, 6.07) is 23.3. The Bertz CT molecular complexity index is 1120. The maximum absolute atomic E-state index is 11.6. The molecule has 0 aliphatic rings. The van der Waals surface area contributed by atoms with Gasteiger partial charge in [-0.3, -0.25) is 0 Å². The predicted octanol–water partition coefficient (Wildman–Crippen LogP) is 6.72. The van der Waals surface area contributed by atoms with E-state index in [1.54, 1.807) is 0 Å². The van der Waals surface area contributed by atoms with E-state index in [-0.39, 0.29) is 17.7 Å². The first kappa shape index (κ1) is 28.7. The Labute approximate surface area is 231 Å².